The molecule has 0 spiro atoms. The van der Waals surface area contributed by atoms with Crippen LogP contribution >= 0.6 is 0 Å². The summed E-state index contributed by atoms with van der Waals surface area (Å²) in [5, 5.41) is 63.4. The van der Waals surface area contributed by atoms with Gasteiger partial charge in [-0.2, -0.15) is 0 Å². The number of rotatable bonds is 12. The third-order valence-electron chi connectivity index (χ3n) is 14.4. The van der Waals surface area contributed by atoms with Crippen molar-refractivity contribution < 1.29 is 68.1 Å². The molecule has 3 aliphatic rings. The van der Waals surface area contributed by atoms with Gasteiger partial charge in [0.1, 0.15) is 36.0 Å². The quantitative estimate of drug-likeness (QED) is 0.189. The number of likely N-dealkylation sites (N-methyl/N-ethyl adjacent to an activating group) is 1. The summed E-state index contributed by atoms with van der Waals surface area (Å²) in [6.07, 6.45) is -7.41. The summed E-state index contributed by atoms with van der Waals surface area (Å²) in [6, 6.07) is 9.63. The Morgan fingerprint density at radius 1 is 0.891 bits per heavy atom. The number of aliphatic hydroxyl groups is 5. The highest BCUT2D eigenvalue weighted by atomic mass is 16.7. The molecule has 3 saturated heterocycles. The molecule has 0 radical (unpaired) electrons. The lowest BCUT2D eigenvalue weighted by molar-refractivity contribution is -0.318. The summed E-state index contributed by atoms with van der Waals surface area (Å²) in [5.41, 5.74) is -2.09. The zero-order valence-electron chi connectivity index (χ0n) is 39.9. The van der Waals surface area contributed by atoms with Crippen molar-refractivity contribution in [3.05, 3.63) is 53.4 Å². The standard InChI is InChI=1S/C48H76N2O14/c1-13-36-48(10,57)41(53)28(4)38(51)26(2)22-46(8,56)43(29(5)40(30(6)44(55)62-36)63-37-23-47(9,58-12)42(54)31(7)61-37)64-45-39(52)35(21-27(3)60-45)50(11)24-33-25-59-49-34(33)20-19-32-17-15-14-16-18-32/h14-18,25-31,35-37,39-43,45,52-54,56-57H,13,19-24H2,1-12H3/t26-,27-,28+,29+,30-,31+,35+,36-,37+,39-,40+,41-,42+,43-,45+,46-,47-,48-/m1/s1. The van der Waals surface area contributed by atoms with Gasteiger partial charge in [0.05, 0.1) is 53.3 Å². The summed E-state index contributed by atoms with van der Waals surface area (Å²) in [7, 11) is 3.38. The van der Waals surface area contributed by atoms with E-state index >= 15 is 0 Å². The first-order valence-corrected chi connectivity index (χ1v) is 23.0. The maximum Gasteiger partial charge on any atom is 0.311 e. The van der Waals surface area contributed by atoms with E-state index in [0.717, 1.165) is 17.7 Å². The largest absolute Gasteiger partial charge is 0.459 e. The number of ether oxygens (including phenoxy) is 6. The molecular weight excluding hydrogens is 829 g/mol. The van der Waals surface area contributed by atoms with E-state index in [0.29, 0.717) is 19.4 Å². The Hall–Kier alpha value is -2.87. The number of nitrogens with zero attached hydrogens (tertiary/aromatic N) is 2. The molecule has 4 heterocycles. The van der Waals surface area contributed by atoms with Crippen LogP contribution in [0, 0.1) is 23.7 Å². The normalized spacial score (nSPS) is 42.0. The minimum Gasteiger partial charge on any atom is -0.459 e. The molecule has 64 heavy (non-hydrogen) atoms. The third kappa shape index (κ3) is 11.6. The highest BCUT2D eigenvalue weighted by Crippen LogP contribution is 2.41. The lowest BCUT2D eigenvalue weighted by atomic mass is 9.74. The number of esters is 1. The summed E-state index contributed by atoms with van der Waals surface area (Å²) in [5.74, 6) is -5.19. The number of cyclic esters (lactones) is 1. The number of methoxy groups -OCH3 is 1. The molecule has 362 valence electrons. The molecule has 18 atom stereocenters. The monoisotopic (exact) mass is 905 g/mol. The van der Waals surface area contributed by atoms with Gasteiger partial charge in [-0.25, -0.2) is 0 Å². The van der Waals surface area contributed by atoms with Crippen molar-refractivity contribution in [1.82, 2.24) is 10.1 Å². The van der Waals surface area contributed by atoms with E-state index in [1.807, 2.05) is 37.1 Å². The molecule has 0 aliphatic carbocycles. The molecule has 16 nitrogen and oxygen atoms in total. The first-order chi connectivity index (χ1) is 29.9. The molecule has 0 unspecified atom stereocenters. The minimum absolute atomic E-state index is 0.0694. The number of carbonyl (C=O) groups is 2. The van der Waals surface area contributed by atoms with Gasteiger partial charge in [0.15, 0.2) is 12.6 Å². The van der Waals surface area contributed by atoms with E-state index in [2.05, 4.69) is 17.3 Å². The Morgan fingerprint density at radius 2 is 1.56 bits per heavy atom. The zero-order valence-corrected chi connectivity index (χ0v) is 39.9. The van der Waals surface area contributed by atoms with Crippen LogP contribution in [-0.4, -0.2) is 146 Å². The van der Waals surface area contributed by atoms with Crippen LogP contribution in [0.5, 0.6) is 0 Å². The summed E-state index contributed by atoms with van der Waals surface area (Å²) >= 11 is 0. The van der Waals surface area contributed by atoms with Crippen LogP contribution in [0.2, 0.25) is 0 Å². The zero-order chi connectivity index (χ0) is 47.5. The van der Waals surface area contributed by atoms with Crippen molar-refractivity contribution in [2.24, 2.45) is 23.7 Å². The lowest BCUT2D eigenvalue weighted by Crippen LogP contribution is -2.61. The van der Waals surface area contributed by atoms with Crippen LogP contribution in [0.1, 0.15) is 112 Å². The second kappa shape index (κ2) is 21.4. The Bertz CT molecular complexity index is 1810. The Labute approximate surface area is 378 Å². The van der Waals surface area contributed by atoms with Gasteiger partial charge in [-0.1, -0.05) is 63.2 Å². The maximum absolute atomic E-state index is 14.3. The predicted octanol–water partition coefficient (Wildman–Crippen LogP) is 4.13. The highest BCUT2D eigenvalue weighted by molar-refractivity contribution is 5.83. The molecular formula is C48H76N2O14. The number of aromatic nitrogens is 1. The first-order valence-electron chi connectivity index (χ1n) is 23.0. The van der Waals surface area contributed by atoms with Crippen LogP contribution < -0.4 is 0 Å². The molecule has 0 bridgehead atoms. The van der Waals surface area contributed by atoms with Crippen molar-refractivity contribution in [3.63, 3.8) is 0 Å². The molecule has 3 aliphatic heterocycles. The van der Waals surface area contributed by atoms with Crippen molar-refractivity contribution in [3.8, 4) is 0 Å². The second-order valence-electron chi connectivity index (χ2n) is 19.7. The van der Waals surface area contributed by atoms with E-state index in [9.17, 15) is 35.1 Å². The Balaban J connectivity index is 1.50. The molecule has 5 rings (SSSR count). The SMILES string of the molecule is CC[C@H]1OC(=O)[C@H](C)[C@@H](O[C@H]2C[C@@](C)(OC)[C@@H](O)[C@H](C)O2)[C@H](C)[C@@H](O[C@@H]2O[C@H](C)C[C@H](N(C)Cc3conc3CCc3ccccc3)[C@H]2O)[C@](C)(O)C[C@@H](C)C(=O)[C@H](C)[C@@H](O)[C@]1(C)O. The van der Waals surface area contributed by atoms with Gasteiger partial charge in [-0.3, -0.25) is 14.5 Å². The van der Waals surface area contributed by atoms with E-state index < -0.39 is 120 Å². The van der Waals surface area contributed by atoms with Crippen molar-refractivity contribution >= 4 is 11.8 Å². The fourth-order valence-corrected chi connectivity index (χ4v) is 10.2. The van der Waals surface area contributed by atoms with Crippen LogP contribution in [0.25, 0.3) is 0 Å². The van der Waals surface area contributed by atoms with E-state index in [4.69, 9.17) is 32.9 Å². The Kier molecular flexibility index (Phi) is 17.4. The molecule has 3 fully saturated rings. The molecule has 5 N–H and O–H groups in total. The fourth-order valence-electron chi connectivity index (χ4n) is 10.2. The number of benzene rings is 1. The summed E-state index contributed by atoms with van der Waals surface area (Å²) in [6.45, 7) is 16.8. The molecule has 1 aromatic heterocycles. The predicted molar refractivity (Wildman–Crippen MR) is 234 cm³/mol. The lowest BCUT2D eigenvalue weighted by Gasteiger charge is -2.49. The Morgan fingerprint density at radius 3 is 2.20 bits per heavy atom. The van der Waals surface area contributed by atoms with Crippen molar-refractivity contribution in [1.29, 1.82) is 0 Å². The van der Waals surface area contributed by atoms with Crippen molar-refractivity contribution in [2.75, 3.05) is 14.2 Å². The average molecular weight is 905 g/mol. The average Bonchev–Trinajstić information content (AvgIpc) is 3.70. The maximum atomic E-state index is 14.3. The third-order valence-corrected chi connectivity index (χ3v) is 14.4. The fraction of sp³-hybridized carbons (Fsp3) is 0.771. The van der Waals surface area contributed by atoms with Crippen LogP contribution in [-0.2, 0) is 57.4 Å². The second-order valence-corrected chi connectivity index (χ2v) is 19.7. The van der Waals surface area contributed by atoms with Gasteiger partial charge in [0, 0.05) is 49.4 Å². The van der Waals surface area contributed by atoms with Gasteiger partial charge in [-0.15, -0.1) is 0 Å². The number of aryl methyl sites for hydroxylation is 2. The first kappa shape index (κ1) is 52.1. The molecule has 0 amide bonds. The van der Waals surface area contributed by atoms with E-state index in [-0.39, 0.29) is 19.3 Å². The van der Waals surface area contributed by atoms with Crippen LogP contribution in [0.15, 0.2) is 41.1 Å². The molecule has 0 saturated carbocycles. The van der Waals surface area contributed by atoms with Gasteiger partial charge in [0.2, 0.25) is 0 Å². The van der Waals surface area contributed by atoms with Gasteiger partial charge < -0.3 is 58.5 Å². The number of hydrogen-bond donors (Lipinski definition) is 5. The van der Waals surface area contributed by atoms with Gasteiger partial charge >= 0.3 is 5.97 Å². The highest BCUT2D eigenvalue weighted by Gasteiger charge is 2.53. The van der Waals surface area contributed by atoms with Gasteiger partial charge in [-0.05, 0) is 86.3 Å². The molecule has 16 heteroatoms. The van der Waals surface area contributed by atoms with Gasteiger partial charge in [0.25, 0.3) is 0 Å². The number of carbonyl (C=O) groups excluding carboxylic acids is 2. The molecule has 1 aromatic carbocycles. The van der Waals surface area contributed by atoms with E-state index in [1.54, 1.807) is 47.8 Å². The smallest absolute Gasteiger partial charge is 0.311 e. The number of hydrogen-bond acceptors (Lipinski definition) is 16. The number of Topliss-reactive ketones (excluding diaryl/α,β-unsaturated/α-hetero) is 1. The van der Waals surface area contributed by atoms with E-state index in [1.165, 1.54) is 33.4 Å². The summed E-state index contributed by atoms with van der Waals surface area (Å²) < 4.78 is 43.2. The summed E-state index contributed by atoms with van der Waals surface area (Å²) in [4.78, 5) is 30.4. The number of ketones is 1. The van der Waals surface area contributed by atoms with Crippen molar-refractivity contribution in [2.45, 2.75) is 199 Å². The van der Waals surface area contributed by atoms with Crippen LogP contribution in [0.4, 0.5) is 0 Å². The minimum atomic E-state index is -2.02. The number of aliphatic hydroxyl groups excluding tert-OH is 3. The van der Waals surface area contributed by atoms with Crippen LogP contribution in [0.3, 0.4) is 0 Å². The topological polar surface area (TPSA) is 220 Å². The molecule has 2 aromatic rings.